The number of hydrogen-bond acceptors (Lipinski definition) is 4. The number of aromatic nitrogens is 2. The predicted octanol–water partition coefficient (Wildman–Crippen LogP) is 1.75. The first-order valence-corrected chi connectivity index (χ1v) is 8.34. The molecule has 0 fully saturated rings. The molecule has 1 amide bonds. The van der Waals surface area contributed by atoms with E-state index in [9.17, 15) is 14.0 Å². The lowest BCUT2D eigenvalue weighted by molar-refractivity contribution is 0.0941. The van der Waals surface area contributed by atoms with E-state index >= 15 is 0 Å². The largest absolute Gasteiger partial charge is 0.349 e. The summed E-state index contributed by atoms with van der Waals surface area (Å²) in [6.45, 7) is 8.59. The van der Waals surface area contributed by atoms with E-state index in [-0.39, 0.29) is 11.4 Å². The molecule has 0 aliphatic rings. The summed E-state index contributed by atoms with van der Waals surface area (Å²) >= 11 is 0. The van der Waals surface area contributed by atoms with Crippen LogP contribution in [0.1, 0.15) is 30.0 Å². The van der Waals surface area contributed by atoms with Gasteiger partial charge in [0.25, 0.3) is 5.91 Å². The maximum atomic E-state index is 14.0. The number of benzene rings is 1. The van der Waals surface area contributed by atoms with Crippen molar-refractivity contribution in [3.05, 3.63) is 57.8 Å². The van der Waals surface area contributed by atoms with Gasteiger partial charge in [-0.25, -0.2) is 9.07 Å². The first-order chi connectivity index (χ1) is 12.0. The molecule has 7 heteroatoms. The lowest BCUT2D eigenvalue weighted by atomic mass is 10.2. The molecule has 1 aromatic heterocycles. The molecule has 134 valence electrons. The fourth-order valence-corrected chi connectivity index (χ4v) is 2.52. The van der Waals surface area contributed by atoms with E-state index < -0.39 is 17.2 Å². The zero-order chi connectivity index (χ0) is 18.4. The second-order valence-corrected chi connectivity index (χ2v) is 5.64. The number of carbonyl (C=O) groups excluding carboxylic acids is 1. The van der Waals surface area contributed by atoms with Gasteiger partial charge in [0.1, 0.15) is 11.5 Å². The molecule has 1 aromatic carbocycles. The molecule has 6 nitrogen and oxygen atoms in total. The minimum absolute atomic E-state index is 0.192. The molecule has 0 saturated heterocycles. The minimum atomic E-state index is -0.553. The summed E-state index contributed by atoms with van der Waals surface area (Å²) in [7, 11) is 0. The molecule has 0 aliphatic carbocycles. The van der Waals surface area contributed by atoms with Crippen LogP contribution in [0.15, 0.2) is 35.1 Å². The van der Waals surface area contributed by atoms with E-state index in [2.05, 4.69) is 15.3 Å². The number of likely N-dealkylation sites (N-methyl/N-ethyl adjacent to an activating group) is 1. The molecule has 2 aromatic rings. The van der Waals surface area contributed by atoms with Crippen LogP contribution in [-0.2, 0) is 0 Å². The molecule has 25 heavy (non-hydrogen) atoms. The van der Waals surface area contributed by atoms with Gasteiger partial charge in [-0.1, -0.05) is 26.0 Å². The lowest BCUT2D eigenvalue weighted by Crippen LogP contribution is -2.37. The third-order valence-corrected chi connectivity index (χ3v) is 4.01. The highest BCUT2D eigenvalue weighted by atomic mass is 19.1. The number of halogens is 1. The molecule has 2 rings (SSSR count). The van der Waals surface area contributed by atoms with E-state index in [1.165, 1.54) is 16.8 Å². The first-order valence-electron chi connectivity index (χ1n) is 8.34. The lowest BCUT2D eigenvalue weighted by Gasteiger charge is -2.18. The molecular weight excluding hydrogens is 323 g/mol. The topological polar surface area (TPSA) is 67.2 Å². The Balaban J connectivity index is 2.24. The highest BCUT2D eigenvalue weighted by Crippen LogP contribution is 2.12. The number of aryl methyl sites for hydroxylation is 1. The number of carbonyl (C=O) groups is 1. The molecule has 0 atom stereocenters. The summed E-state index contributed by atoms with van der Waals surface area (Å²) in [6.07, 6.45) is 0. The van der Waals surface area contributed by atoms with E-state index in [1.807, 2.05) is 13.8 Å². The Hall–Kier alpha value is -2.54. The summed E-state index contributed by atoms with van der Waals surface area (Å²) < 4.78 is 15.3. The predicted molar refractivity (Wildman–Crippen MR) is 94.7 cm³/mol. The van der Waals surface area contributed by atoms with Crippen molar-refractivity contribution < 1.29 is 9.18 Å². The van der Waals surface area contributed by atoms with Crippen LogP contribution in [0, 0.1) is 12.7 Å². The van der Waals surface area contributed by atoms with Gasteiger partial charge in [0.15, 0.2) is 5.69 Å². The van der Waals surface area contributed by atoms with Crippen molar-refractivity contribution in [3.8, 4) is 5.69 Å². The van der Waals surface area contributed by atoms with Crippen LogP contribution in [0.3, 0.4) is 0 Å². The summed E-state index contributed by atoms with van der Waals surface area (Å²) in [6, 6.07) is 7.37. The van der Waals surface area contributed by atoms with Crippen LogP contribution in [0.4, 0.5) is 4.39 Å². The zero-order valence-corrected chi connectivity index (χ0v) is 14.8. The third kappa shape index (κ3) is 4.51. The Labute approximate surface area is 146 Å². The Bertz CT molecular complexity index is 800. The van der Waals surface area contributed by atoms with E-state index in [4.69, 9.17) is 0 Å². The molecule has 1 N–H and O–H groups in total. The van der Waals surface area contributed by atoms with Gasteiger partial charge < -0.3 is 10.2 Å². The van der Waals surface area contributed by atoms with Crippen molar-refractivity contribution in [1.29, 1.82) is 0 Å². The normalized spacial score (nSPS) is 10.9. The van der Waals surface area contributed by atoms with Gasteiger partial charge in [-0.2, -0.15) is 5.10 Å². The molecular formula is C18H23FN4O2. The Morgan fingerprint density at radius 2 is 1.96 bits per heavy atom. The fraction of sp³-hybridized carbons (Fsp3) is 0.389. The monoisotopic (exact) mass is 346 g/mol. The highest BCUT2D eigenvalue weighted by Gasteiger charge is 2.16. The van der Waals surface area contributed by atoms with Crippen molar-refractivity contribution in [2.75, 3.05) is 26.2 Å². The molecule has 0 unspecified atom stereocenters. The third-order valence-electron chi connectivity index (χ3n) is 4.01. The zero-order valence-electron chi connectivity index (χ0n) is 14.8. The molecule has 0 saturated carbocycles. The summed E-state index contributed by atoms with van der Waals surface area (Å²) in [5.74, 6) is -1.03. The maximum absolute atomic E-state index is 14.0. The second kappa shape index (κ2) is 8.53. The van der Waals surface area contributed by atoms with E-state index in [0.29, 0.717) is 18.8 Å². The van der Waals surface area contributed by atoms with Crippen molar-refractivity contribution in [2.24, 2.45) is 0 Å². The van der Waals surface area contributed by atoms with Gasteiger partial charge in [0.05, 0.1) is 0 Å². The fourth-order valence-electron chi connectivity index (χ4n) is 2.52. The van der Waals surface area contributed by atoms with E-state index in [0.717, 1.165) is 13.1 Å². The summed E-state index contributed by atoms with van der Waals surface area (Å²) in [5, 5.41) is 6.78. The number of para-hydroxylation sites is 1. The maximum Gasteiger partial charge on any atom is 0.275 e. The van der Waals surface area contributed by atoms with Crippen molar-refractivity contribution >= 4 is 5.91 Å². The van der Waals surface area contributed by atoms with Crippen LogP contribution in [-0.4, -0.2) is 46.8 Å². The van der Waals surface area contributed by atoms with Crippen LogP contribution in [0.2, 0.25) is 0 Å². The van der Waals surface area contributed by atoms with Crippen LogP contribution < -0.4 is 10.7 Å². The highest BCUT2D eigenvalue weighted by molar-refractivity contribution is 5.92. The number of nitrogens with one attached hydrogen (secondary N) is 1. The summed E-state index contributed by atoms with van der Waals surface area (Å²) in [5.41, 5.74) is -0.0780. The first kappa shape index (κ1) is 18.8. The molecule has 0 aliphatic heterocycles. The molecule has 0 bridgehead atoms. The molecule has 0 spiro atoms. The van der Waals surface area contributed by atoms with Gasteiger partial charge in [0.2, 0.25) is 5.43 Å². The van der Waals surface area contributed by atoms with Gasteiger partial charge in [-0.05, 0) is 32.1 Å². The SMILES string of the molecule is CCN(CC)CCNC(=O)c1nn(-c2ccccc2F)c(C)cc1=O. The number of rotatable bonds is 7. The van der Waals surface area contributed by atoms with Gasteiger partial charge >= 0.3 is 0 Å². The van der Waals surface area contributed by atoms with Crippen LogP contribution in [0.5, 0.6) is 0 Å². The molecule has 1 heterocycles. The Morgan fingerprint density at radius 3 is 2.60 bits per heavy atom. The number of hydrogen-bond donors (Lipinski definition) is 1. The Kier molecular flexibility index (Phi) is 6.41. The van der Waals surface area contributed by atoms with Crippen molar-refractivity contribution in [2.45, 2.75) is 20.8 Å². The van der Waals surface area contributed by atoms with Crippen molar-refractivity contribution in [3.63, 3.8) is 0 Å². The standard InChI is InChI=1S/C18H23FN4O2/c1-4-22(5-2)11-10-20-18(25)17-16(24)12-13(3)23(21-17)15-9-7-6-8-14(15)19/h6-9,12H,4-5,10-11H2,1-3H3,(H,20,25). The van der Waals surface area contributed by atoms with Gasteiger partial charge in [0, 0.05) is 24.8 Å². The average molecular weight is 346 g/mol. The van der Waals surface area contributed by atoms with Crippen LogP contribution >= 0.6 is 0 Å². The van der Waals surface area contributed by atoms with Crippen LogP contribution in [0.25, 0.3) is 5.69 Å². The number of nitrogens with zero attached hydrogens (tertiary/aromatic N) is 3. The Morgan fingerprint density at radius 1 is 1.28 bits per heavy atom. The second-order valence-electron chi connectivity index (χ2n) is 5.64. The molecule has 0 radical (unpaired) electrons. The minimum Gasteiger partial charge on any atom is -0.349 e. The average Bonchev–Trinajstić information content (AvgIpc) is 2.59. The quantitative estimate of drug-likeness (QED) is 0.829. The van der Waals surface area contributed by atoms with Crippen molar-refractivity contribution in [1.82, 2.24) is 20.0 Å². The summed E-state index contributed by atoms with van der Waals surface area (Å²) in [4.78, 5) is 26.6. The smallest absolute Gasteiger partial charge is 0.275 e. The van der Waals surface area contributed by atoms with Gasteiger partial charge in [-0.3, -0.25) is 9.59 Å². The van der Waals surface area contributed by atoms with Gasteiger partial charge in [-0.15, -0.1) is 0 Å². The number of amides is 1. The van der Waals surface area contributed by atoms with E-state index in [1.54, 1.807) is 25.1 Å².